The molecule has 1 N–H and O–H groups in total. The molecule has 1 fully saturated rings. The lowest BCUT2D eigenvalue weighted by atomic mass is 10.2. The van der Waals surface area contributed by atoms with Gasteiger partial charge in [-0.05, 0) is 24.1 Å². The third-order valence-electron chi connectivity index (χ3n) is 4.00. The number of hydrogen-bond acceptors (Lipinski definition) is 6. The zero-order valence-corrected chi connectivity index (χ0v) is 13.5. The highest BCUT2D eigenvalue weighted by Crippen LogP contribution is 2.24. The number of anilines is 1. The molecule has 0 amide bonds. The Morgan fingerprint density at radius 2 is 1.96 bits per heavy atom. The number of nitrogens with one attached hydrogen (secondary N) is 1. The quantitative estimate of drug-likeness (QED) is 0.882. The molecule has 1 aromatic carbocycles. The lowest BCUT2D eigenvalue weighted by Crippen LogP contribution is -2.26. The van der Waals surface area contributed by atoms with Crippen molar-refractivity contribution in [2.24, 2.45) is 0 Å². The number of nitrogens with zero attached hydrogens (tertiary/aromatic N) is 3. The van der Waals surface area contributed by atoms with Crippen LogP contribution in [0.4, 0.5) is 5.82 Å². The monoisotopic (exact) mass is 314 g/mol. The van der Waals surface area contributed by atoms with Gasteiger partial charge in [-0.2, -0.15) is 0 Å². The van der Waals surface area contributed by atoms with Crippen molar-refractivity contribution < 1.29 is 9.47 Å². The van der Waals surface area contributed by atoms with Gasteiger partial charge in [-0.1, -0.05) is 0 Å². The van der Waals surface area contributed by atoms with Gasteiger partial charge in [0.15, 0.2) is 0 Å². The molecular weight excluding hydrogens is 292 g/mol. The number of ether oxygens (including phenoxy) is 2. The number of likely N-dealkylation sites (tertiary alicyclic amines) is 1. The van der Waals surface area contributed by atoms with Crippen LogP contribution < -0.4 is 14.8 Å². The Labute approximate surface area is 136 Å². The summed E-state index contributed by atoms with van der Waals surface area (Å²) in [4.78, 5) is 10.8. The zero-order valence-electron chi connectivity index (χ0n) is 13.5. The van der Waals surface area contributed by atoms with Crippen LogP contribution in [0.15, 0.2) is 36.8 Å². The van der Waals surface area contributed by atoms with E-state index in [-0.39, 0.29) is 0 Å². The van der Waals surface area contributed by atoms with Gasteiger partial charge in [0.2, 0.25) is 0 Å². The van der Waals surface area contributed by atoms with E-state index in [0.717, 1.165) is 43.4 Å². The molecule has 0 spiro atoms. The Hall–Kier alpha value is -2.34. The molecule has 2 aromatic rings. The van der Waals surface area contributed by atoms with Crippen LogP contribution in [0.5, 0.6) is 11.5 Å². The summed E-state index contributed by atoms with van der Waals surface area (Å²) in [6, 6.07) is 6.42. The molecule has 6 nitrogen and oxygen atoms in total. The second-order valence-electron chi connectivity index (χ2n) is 5.68. The van der Waals surface area contributed by atoms with E-state index in [1.165, 1.54) is 5.56 Å². The summed E-state index contributed by atoms with van der Waals surface area (Å²) in [5.74, 6) is 2.49. The number of rotatable bonds is 6. The highest BCUT2D eigenvalue weighted by molar-refractivity contribution is 5.38. The summed E-state index contributed by atoms with van der Waals surface area (Å²) in [7, 11) is 3.35. The maximum atomic E-state index is 5.34. The van der Waals surface area contributed by atoms with Crippen molar-refractivity contribution in [3.05, 3.63) is 42.4 Å². The smallest absolute Gasteiger partial charge is 0.144 e. The van der Waals surface area contributed by atoms with E-state index < -0.39 is 0 Å². The van der Waals surface area contributed by atoms with Gasteiger partial charge in [-0.15, -0.1) is 0 Å². The number of methoxy groups -OCH3 is 2. The molecule has 1 saturated heterocycles. The van der Waals surface area contributed by atoms with Gasteiger partial charge < -0.3 is 14.8 Å². The van der Waals surface area contributed by atoms with E-state index in [4.69, 9.17) is 9.47 Å². The molecule has 0 saturated carbocycles. The van der Waals surface area contributed by atoms with Crippen LogP contribution in [0.1, 0.15) is 12.0 Å². The lowest BCUT2D eigenvalue weighted by molar-refractivity contribution is 0.326. The average Bonchev–Trinajstić information content (AvgIpc) is 3.02. The second kappa shape index (κ2) is 7.28. The van der Waals surface area contributed by atoms with Gasteiger partial charge in [0.1, 0.15) is 17.3 Å². The maximum Gasteiger partial charge on any atom is 0.144 e. The van der Waals surface area contributed by atoms with Gasteiger partial charge in [0, 0.05) is 44.1 Å². The van der Waals surface area contributed by atoms with E-state index in [2.05, 4.69) is 32.3 Å². The standard InChI is InChI=1S/C17H22N4O2/c1-22-15-7-13(8-16(9-15)23-2)11-21-6-3-14(12-21)20-17-10-18-4-5-19-17/h4-5,7-10,14H,3,6,11-12H2,1-2H3,(H,19,20). The Bertz CT molecular complexity index is 613. The van der Waals surface area contributed by atoms with Crippen molar-refractivity contribution in [1.29, 1.82) is 0 Å². The fourth-order valence-corrected chi connectivity index (χ4v) is 2.89. The van der Waals surface area contributed by atoms with Gasteiger partial charge in [-0.3, -0.25) is 9.88 Å². The van der Waals surface area contributed by atoms with Crippen molar-refractivity contribution >= 4 is 5.82 Å². The minimum Gasteiger partial charge on any atom is -0.497 e. The van der Waals surface area contributed by atoms with E-state index in [0.29, 0.717) is 6.04 Å². The molecule has 1 aliphatic heterocycles. The molecule has 6 heteroatoms. The van der Waals surface area contributed by atoms with Crippen LogP contribution >= 0.6 is 0 Å². The molecule has 1 atom stereocenters. The van der Waals surface area contributed by atoms with Crippen LogP contribution in [-0.4, -0.2) is 48.2 Å². The molecule has 3 rings (SSSR count). The van der Waals surface area contributed by atoms with Crippen molar-refractivity contribution in [3.63, 3.8) is 0 Å². The van der Waals surface area contributed by atoms with Crippen LogP contribution in [0, 0.1) is 0 Å². The predicted molar refractivity (Wildman–Crippen MR) is 88.9 cm³/mol. The van der Waals surface area contributed by atoms with Crippen molar-refractivity contribution in [3.8, 4) is 11.5 Å². The van der Waals surface area contributed by atoms with Gasteiger partial charge >= 0.3 is 0 Å². The molecule has 0 radical (unpaired) electrons. The minimum absolute atomic E-state index is 0.402. The lowest BCUT2D eigenvalue weighted by Gasteiger charge is -2.18. The zero-order chi connectivity index (χ0) is 16.1. The first-order chi connectivity index (χ1) is 11.3. The largest absolute Gasteiger partial charge is 0.497 e. The van der Waals surface area contributed by atoms with Crippen molar-refractivity contribution in [1.82, 2.24) is 14.9 Å². The summed E-state index contributed by atoms with van der Waals surface area (Å²) < 4.78 is 10.7. The molecule has 0 aliphatic carbocycles. The highest BCUT2D eigenvalue weighted by Gasteiger charge is 2.22. The van der Waals surface area contributed by atoms with Gasteiger partial charge in [-0.25, -0.2) is 4.98 Å². The first-order valence-electron chi connectivity index (χ1n) is 7.73. The molecule has 0 bridgehead atoms. The number of benzene rings is 1. The van der Waals surface area contributed by atoms with Gasteiger partial charge in [0.05, 0.1) is 20.4 Å². The summed E-state index contributed by atoms with van der Waals surface area (Å²) in [6.45, 7) is 2.92. The Kier molecular flexibility index (Phi) is 4.92. The first-order valence-corrected chi connectivity index (χ1v) is 7.73. The van der Waals surface area contributed by atoms with E-state index in [9.17, 15) is 0 Å². The third kappa shape index (κ3) is 4.10. The van der Waals surface area contributed by atoms with Crippen LogP contribution in [0.25, 0.3) is 0 Å². The highest BCUT2D eigenvalue weighted by atomic mass is 16.5. The average molecular weight is 314 g/mol. The number of hydrogen-bond donors (Lipinski definition) is 1. The van der Waals surface area contributed by atoms with E-state index >= 15 is 0 Å². The molecule has 23 heavy (non-hydrogen) atoms. The Morgan fingerprint density at radius 1 is 1.17 bits per heavy atom. The van der Waals surface area contributed by atoms with Crippen molar-refractivity contribution in [2.75, 3.05) is 32.6 Å². The van der Waals surface area contributed by atoms with Crippen molar-refractivity contribution in [2.45, 2.75) is 19.0 Å². The predicted octanol–water partition coefficient (Wildman–Crippen LogP) is 2.18. The second-order valence-corrected chi connectivity index (χ2v) is 5.68. The third-order valence-corrected chi connectivity index (χ3v) is 4.00. The topological polar surface area (TPSA) is 59.5 Å². The molecule has 1 aromatic heterocycles. The van der Waals surface area contributed by atoms with Crippen LogP contribution in [0.2, 0.25) is 0 Å². The number of aromatic nitrogens is 2. The fraction of sp³-hybridized carbons (Fsp3) is 0.412. The Morgan fingerprint density at radius 3 is 2.61 bits per heavy atom. The first kappa shape index (κ1) is 15.6. The summed E-state index contributed by atoms with van der Waals surface area (Å²) >= 11 is 0. The molecule has 2 heterocycles. The maximum absolute atomic E-state index is 5.34. The van der Waals surface area contributed by atoms with E-state index in [1.54, 1.807) is 32.8 Å². The normalized spacial score (nSPS) is 17.9. The fourth-order valence-electron chi connectivity index (χ4n) is 2.89. The molecular formula is C17H22N4O2. The summed E-state index contributed by atoms with van der Waals surface area (Å²) in [5.41, 5.74) is 1.20. The summed E-state index contributed by atoms with van der Waals surface area (Å²) in [5, 5.41) is 3.44. The molecule has 1 aliphatic rings. The molecule has 1 unspecified atom stereocenters. The van der Waals surface area contributed by atoms with E-state index in [1.807, 2.05) is 6.07 Å². The van der Waals surface area contributed by atoms with Crippen LogP contribution in [0.3, 0.4) is 0 Å². The molecule has 122 valence electrons. The van der Waals surface area contributed by atoms with Crippen LogP contribution in [-0.2, 0) is 6.54 Å². The summed E-state index contributed by atoms with van der Waals surface area (Å²) in [6.07, 6.45) is 6.24. The Balaban J connectivity index is 1.59. The SMILES string of the molecule is COc1cc(CN2CCC(Nc3cnccn3)C2)cc(OC)c1. The minimum atomic E-state index is 0.402. The van der Waals surface area contributed by atoms with Gasteiger partial charge in [0.25, 0.3) is 0 Å².